The van der Waals surface area contributed by atoms with Gasteiger partial charge < -0.3 is 0 Å². The smallest absolute Gasteiger partial charge is 0.165 e. The van der Waals surface area contributed by atoms with Gasteiger partial charge in [-0.1, -0.05) is 51.1 Å². The summed E-state index contributed by atoms with van der Waals surface area (Å²) in [5.41, 5.74) is 0.871. The molecule has 0 radical (unpaired) electrons. The molecule has 0 spiro atoms. The fourth-order valence-corrected chi connectivity index (χ4v) is 3.50. The van der Waals surface area contributed by atoms with Crippen LogP contribution in [-0.4, -0.2) is 5.78 Å². The van der Waals surface area contributed by atoms with Crippen molar-refractivity contribution in [3.8, 4) is 0 Å². The molecular formula is C17H24O. The molecule has 1 heteroatoms. The minimum atomic E-state index is 0.164. The van der Waals surface area contributed by atoms with Gasteiger partial charge in [0.2, 0.25) is 0 Å². The summed E-state index contributed by atoms with van der Waals surface area (Å²) in [7, 11) is 0. The van der Waals surface area contributed by atoms with E-state index in [1.807, 2.05) is 30.3 Å². The van der Waals surface area contributed by atoms with Crippen LogP contribution in [-0.2, 0) is 0 Å². The number of carbonyl (C=O) groups excluding carboxylic acids is 1. The van der Waals surface area contributed by atoms with Gasteiger partial charge in [-0.3, -0.25) is 4.79 Å². The minimum absolute atomic E-state index is 0.164. The highest BCUT2D eigenvalue weighted by Gasteiger charge is 2.31. The van der Waals surface area contributed by atoms with E-state index in [1.54, 1.807) is 0 Å². The van der Waals surface area contributed by atoms with Gasteiger partial charge in [-0.15, -0.1) is 0 Å². The molecule has 0 N–H and O–H groups in total. The van der Waals surface area contributed by atoms with E-state index in [2.05, 4.69) is 20.8 Å². The standard InChI is InChI=1S/C17H24O/c1-12-9-13(2)11-16(10-12)14(3)17(18)15-7-5-4-6-8-15/h4-8,12-14,16H,9-11H2,1-3H3. The average molecular weight is 244 g/mol. The van der Waals surface area contributed by atoms with Crippen molar-refractivity contribution in [1.82, 2.24) is 0 Å². The SMILES string of the molecule is CC1CC(C)CC(C(C)C(=O)c2ccccc2)C1. The molecule has 1 aromatic carbocycles. The van der Waals surface area contributed by atoms with Crippen LogP contribution in [0.1, 0.15) is 50.4 Å². The van der Waals surface area contributed by atoms with E-state index in [9.17, 15) is 4.79 Å². The molecule has 0 bridgehead atoms. The first-order chi connectivity index (χ1) is 8.58. The van der Waals surface area contributed by atoms with Crippen molar-refractivity contribution in [3.63, 3.8) is 0 Å². The van der Waals surface area contributed by atoms with Gasteiger partial charge in [0, 0.05) is 11.5 Å². The van der Waals surface area contributed by atoms with E-state index in [0.717, 1.165) is 17.4 Å². The van der Waals surface area contributed by atoms with Crippen LogP contribution in [0.3, 0.4) is 0 Å². The van der Waals surface area contributed by atoms with Gasteiger partial charge in [0.05, 0.1) is 0 Å². The number of rotatable bonds is 3. The maximum absolute atomic E-state index is 12.5. The third kappa shape index (κ3) is 3.01. The molecule has 0 aromatic heterocycles. The summed E-state index contributed by atoms with van der Waals surface area (Å²) in [4.78, 5) is 12.5. The van der Waals surface area contributed by atoms with E-state index < -0.39 is 0 Å². The lowest BCUT2D eigenvalue weighted by atomic mass is 9.70. The van der Waals surface area contributed by atoms with Crippen molar-refractivity contribution in [3.05, 3.63) is 35.9 Å². The summed E-state index contributed by atoms with van der Waals surface area (Å²) < 4.78 is 0. The lowest BCUT2D eigenvalue weighted by molar-refractivity contribution is 0.0818. The molecule has 0 amide bonds. The van der Waals surface area contributed by atoms with Gasteiger partial charge in [0.15, 0.2) is 5.78 Å². The summed E-state index contributed by atoms with van der Waals surface area (Å²) in [5.74, 6) is 2.59. The van der Waals surface area contributed by atoms with Gasteiger partial charge in [-0.2, -0.15) is 0 Å². The molecule has 1 fully saturated rings. The molecule has 0 aliphatic heterocycles. The molecule has 3 atom stereocenters. The highest BCUT2D eigenvalue weighted by atomic mass is 16.1. The minimum Gasteiger partial charge on any atom is -0.294 e. The van der Waals surface area contributed by atoms with Gasteiger partial charge in [-0.25, -0.2) is 0 Å². The van der Waals surface area contributed by atoms with Gasteiger partial charge >= 0.3 is 0 Å². The van der Waals surface area contributed by atoms with Crippen molar-refractivity contribution < 1.29 is 4.79 Å². The van der Waals surface area contributed by atoms with Crippen molar-refractivity contribution in [2.24, 2.45) is 23.7 Å². The Morgan fingerprint density at radius 2 is 1.61 bits per heavy atom. The second-order valence-corrected chi connectivity index (χ2v) is 6.20. The van der Waals surface area contributed by atoms with Crippen molar-refractivity contribution >= 4 is 5.78 Å². The Balaban J connectivity index is 2.07. The molecule has 3 unspecified atom stereocenters. The van der Waals surface area contributed by atoms with E-state index in [0.29, 0.717) is 11.7 Å². The van der Waals surface area contributed by atoms with Crippen molar-refractivity contribution in [1.29, 1.82) is 0 Å². The number of hydrogen-bond donors (Lipinski definition) is 0. The molecule has 1 aliphatic carbocycles. The van der Waals surface area contributed by atoms with E-state index in [4.69, 9.17) is 0 Å². The summed E-state index contributed by atoms with van der Waals surface area (Å²) in [5, 5.41) is 0. The van der Waals surface area contributed by atoms with Crippen LogP contribution in [0.5, 0.6) is 0 Å². The fraction of sp³-hybridized carbons (Fsp3) is 0.588. The van der Waals surface area contributed by atoms with Gasteiger partial charge in [0.1, 0.15) is 0 Å². The zero-order chi connectivity index (χ0) is 13.1. The summed E-state index contributed by atoms with van der Waals surface area (Å²) >= 11 is 0. The molecule has 0 saturated heterocycles. The number of hydrogen-bond acceptors (Lipinski definition) is 1. The molecule has 2 rings (SSSR count). The summed E-state index contributed by atoms with van der Waals surface area (Å²) in [6, 6.07) is 9.74. The summed E-state index contributed by atoms with van der Waals surface area (Å²) in [6.45, 7) is 6.76. The first kappa shape index (κ1) is 13.3. The number of benzene rings is 1. The lowest BCUT2D eigenvalue weighted by Crippen LogP contribution is -2.29. The molecule has 98 valence electrons. The molecule has 0 heterocycles. The third-order valence-corrected chi connectivity index (χ3v) is 4.39. The maximum Gasteiger partial charge on any atom is 0.165 e. The number of ketones is 1. The van der Waals surface area contributed by atoms with Crippen molar-refractivity contribution in [2.45, 2.75) is 40.0 Å². The predicted molar refractivity (Wildman–Crippen MR) is 75.6 cm³/mol. The van der Waals surface area contributed by atoms with E-state index in [1.165, 1.54) is 19.3 Å². The van der Waals surface area contributed by atoms with Crippen molar-refractivity contribution in [2.75, 3.05) is 0 Å². The summed E-state index contributed by atoms with van der Waals surface area (Å²) in [6.07, 6.45) is 3.75. The topological polar surface area (TPSA) is 17.1 Å². The second kappa shape index (κ2) is 5.69. The number of Topliss-reactive ketones (excluding diaryl/α,β-unsaturated/α-hetero) is 1. The maximum atomic E-state index is 12.5. The largest absolute Gasteiger partial charge is 0.294 e. The average Bonchev–Trinajstić information content (AvgIpc) is 2.37. The Hall–Kier alpha value is -1.11. The van der Waals surface area contributed by atoms with Crippen LogP contribution in [0.15, 0.2) is 30.3 Å². The van der Waals surface area contributed by atoms with Gasteiger partial charge in [0.25, 0.3) is 0 Å². The van der Waals surface area contributed by atoms with Crippen LogP contribution < -0.4 is 0 Å². The zero-order valence-electron chi connectivity index (χ0n) is 11.7. The second-order valence-electron chi connectivity index (χ2n) is 6.20. The van der Waals surface area contributed by atoms with Crippen LogP contribution in [0.4, 0.5) is 0 Å². The molecule has 1 nitrogen and oxygen atoms in total. The Labute approximate surface area is 111 Å². The van der Waals surface area contributed by atoms with E-state index in [-0.39, 0.29) is 5.92 Å². The molecule has 1 aliphatic rings. The number of carbonyl (C=O) groups is 1. The highest BCUT2D eigenvalue weighted by molar-refractivity contribution is 5.97. The third-order valence-electron chi connectivity index (χ3n) is 4.39. The molecular weight excluding hydrogens is 220 g/mol. The van der Waals surface area contributed by atoms with Crippen LogP contribution in [0.2, 0.25) is 0 Å². The van der Waals surface area contributed by atoms with Crippen LogP contribution >= 0.6 is 0 Å². The zero-order valence-corrected chi connectivity index (χ0v) is 11.7. The van der Waals surface area contributed by atoms with Crippen LogP contribution in [0, 0.1) is 23.7 Å². The first-order valence-electron chi connectivity index (χ1n) is 7.17. The highest BCUT2D eigenvalue weighted by Crippen LogP contribution is 2.37. The monoisotopic (exact) mass is 244 g/mol. The van der Waals surface area contributed by atoms with Crippen LogP contribution in [0.25, 0.3) is 0 Å². The lowest BCUT2D eigenvalue weighted by Gasteiger charge is -2.34. The predicted octanol–water partition coefficient (Wildman–Crippen LogP) is 4.58. The quantitative estimate of drug-likeness (QED) is 0.711. The van der Waals surface area contributed by atoms with E-state index >= 15 is 0 Å². The first-order valence-corrected chi connectivity index (χ1v) is 7.17. The Kier molecular flexibility index (Phi) is 4.21. The fourth-order valence-electron chi connectivity index (χ4n) is 3.50. The molecule has 18 heavy (non-hydrogen) atoms. The normalized spacial score (nSPS) is 29.8. The Morgan fingerprint density at radius 3 is 2.17 bits per heavy atom. The Morgan fingerprint density at radius 1 is 1.06 bits per heavy atom. The molecule has 1 saturated carbocycles. The Bertz CT molecular complexity index is 385. The van der Waals surface area contributed by atoms with Gasteiger partial charge in [-0.05, 0) is 37.0 Å². The molecule has 1 aromatic rings.